The van der Waals surface area contributed by atoms with Gasteiger partial charge in [0.1, 0.15) is 4.99 Å². The molecule has 0 radical (unpaired) electrons. The lowest BCUT2D eigenvalue weighted by atomic mass is 9.75. The first-order valence-electron chi connectivity index (χ1n) is 7.05. The van der Waals surface area contributed by atoms with Crippen molar-refractivity contribution in [3.8, 4) is 0 Å². The van der Waals surface area contributed by atoms with E-state index in [0.29, 0.717) is 16.4 Å². The van der Waals surface area contributed by atoms with Crippen LogP contribution in [0.4, 0.5) is 5.69 Å². The number of hydrogen-bond acceptors (Lipinski definition) is 2. The number of para-hydroxylation sites is 1. The van der Waals surface area contributed by atoms with Gasteiger partial charge in [-0.1, -0.05) is 44.6 Å². The van der Waals surface area contributed by atoms with Gasteiger partial charge in [-0.3, -0.25) is 0 Å². The highest BCUT2D eigenvalue weighted by molar-refractivity contribution is 7.80. The van der Waals surface area contributed by atoms with Crippen LogP contribution in [-0.2, 0) is 0 Å². The summed E-state index contributed by atoms with van der Waals surface area (Å²) in [6, 6.07) is 6.65. The Labute approximate surface area is 121 Å². The van der Waals surface area contributed by atoms with Crippen LogP contribution < -0.4 is 11.1 Å². The number of thiocarbonyl (C=S) groups is 1. The number of aryl methyl sites for hydroxylation is 1. The lowest BCUT2D eigenvalue weighted by molar-refractivity contribution is 0.229. The van der Waals surface area contributed by atoms with Crippen LogP contribution in [-0.4, -0.2) is 11.0 Å². The van der Waals surface area contributed by atoms with Crippen molar-refractivity contribution >= 4 is 22.9 Å². The number of rotatable bonds is 3. The van der Waals surface area contributed by atoms with Gasteiger partial charge in [0.05, 0.1) is 0 Å². The lowest BCUT2D eigenvalue weighted by Gasteiger charge is -2.36. The highest BCUT2D eigenvalue weighted by Gasteiger charge is 2.28. The molecule has 1 aromatic rings. The molecule has 0 heterocycles. The molecule has 3 N–H and O–H groups in total. The summed E-state index contributed by atoms with van der Waals surface area (Å²) >= 11 is 5.16. The second kappa shape index (κ2) is 5.49. The molecule has 1 aromatic carbocycles. The zero-order chi connectivity index (χ0) is 14.0. The van der Waals surface area contributed by atoms with Gasteiger partial charge in [-0.25, -0.2) is 0 Å². The normalized spacial score (nSPS) is 21.9. The lowest BCUT2D eigenvalue weighted by Crippen LogP contribution is -2.32. The molecular formula is C16H24N2S. The number of nitrogens with one attached hydrogen (secondary N) is 1. The molecule has 1 unspecified atom stereocenters. The Morgan fingerprint density at radius 3 is 2.79 bits per heavy atom. The molecule has 3 heteroatoms. The highest BCUT2D eigenvalue weighted by atomic mass is 32.1. The first-order chi connectivity index (χ1) is 8.89. The molecule has 0 bridgehead atoms. The fourth-order valence-corrected chi connectivity index (χ4v) is 3.26. The van der Waals surface area contributed by atoms with Gasteiger partial charge in [0.25, 0.3) is 0 Å². The van der Waals surface area contributed by atoms with Gasteiger partial charge >= 0.3 is 0 Å². The molecule has 1 aliphatic carbocycles. The number of nitrogens with two attached hydrogens (primary N) is 1. The highest BCUT2D eigenvalue weighted by Crippen LogP contribution is 2.37. The van der Waals surface area contributed by atoms with E-state index in [1.165, 1.54) is 31.2 Å². The third-order valence-corrected chi connectivity index (χ3v) is 4.31. The predicted octanol–water partition coefficient (Wildman–Crippen LogP) is 4.01. The van der Waals surface area contributed by atoms with Crippen molar-refractivity contribution in [2.75, 3.05) is 5.32 Å². The first-order valence-corrected chi connectivity index (χ1v) is 7.46. The van der Waals surface area contributed by atoms with Crippen LogP contribution in [0.1, 0.15) is 50.7 Å². The van der Waals surface area contributed by atoms with E-state index < -0.39 is 0 Å². The summed E-state index contributed by atoms with van der Waals surface area (Å²) in [6.07, 6.45) is 5.05. The maximum atomic E-state index is 5.83. The molecule has 19 heavy (non-hydrogen) atoms. The largest absolute Gasteiger partial charge is 0.389 e. The Hall–Kier alpha value is -1.09. The van der Waals surface area contributed by atoms with Crippen LogP contribution in [0.15, 0.2) is 18.2 Å². The van der Waals surface area contributed by atoms with E-state index in [1.54, 1.807) is 0 Å². The van der Waals surface area contributed by atoms with E-state index in [0.717, 1.165) is 11.3 Å². The average Bonchev–Trinajstić information content (AvgIpc) is 2.30. The van der Waals surface area contributed by atoms with Gasteiger partial charge in [-0.05, 0) is 43.2 Å². The van der Waals surface area contributed by atoms with Crippen molar-refractivity contribution in [1.29, 1.82) is 0 Å². The third kappa shape index (κ3) is 3.47. The van der Waals surface area contributed by atoms with E-state index >= 15 is 0 Å². The second-order valence-electron chi connectivity index (χ2n) is 6.46. The molecule has 0 amide bonds. The van der Waals surface area contributed by atoms with E-state index in [2.05, 4.69) is 32.2 Å². The van der Waals surface area contributed by atoms with Crippen LogP contribution in [0.3, 0.4) is 0 Å². The zero-order valence-electron chi connectivity index (χ0n) is 12.1. The monoisotopic (exact) mass is 276 g/mol. The molecule has 1 fully saturated rings. The molecule has 1 saturated carbocycles. The van der Waals surface area contributed by atoms with E-state index in [9.17, 15) is 0 Å². The Kier molecular flexibility index (Phi) is 4.14. The maximum Gasteiger partial charge on any atom is 0.106 e. The van der Waals surface area contributed by atoms with Gasteiger partial charge in [-0.2, -0.15) is 0 Å². The minimum atomic E-state index is 0.433. The SMILES string of the molecule is Cc1cccc(C(N)=S)c1NC1CCCC(C)(C)C1. The zero-order valence-corrected chi connectivity index (χ0v) is 12.9. The summed E-state index contributed by atoms with van der Waals surface area (Å²) in [5, 5.41) is 3.69. The summed E-state index contributed by atoms with van der Waals surface area (Å²) < 4.78 is 0. The van der Waals surface area contributed by atoms with Gasteiger partial charge in [0, 0.05) is 17.3 Å². The Morgan fingerprint density at radius 1 is 1.42 bits per heavy atom. The quantitative estimate of drug-likeness (QED) is 0.819. The molecule has 0 spiro atoms. The summed E-state index contributed by atoms with van der Waals surface area (Å²) in [6.45, 7) is 6.82. The molecule has 0 aromatic heterocycles. The fraction of sp³-hybridized carbons (Fsp3) is 0.562. The number of benzene rings is 1. The molecule has 1 aliphatic rings. The Morgan fingerprint density at radius 2 is 2.16 bits per heavy atom. The van der Waals surface area contributed by atoms with E-state index in [-0.39, 0.29) is 0 Å². The molecule has 2 rings (SSSR count). The van der Waals surface area contributed by atoms with Crippen molar-refractivity contribution in [2.45, 2.75) is 52.5 Å². The summed E-state index contributed by atoms with van der Waals surface area (Å²) in [5.74, 6) is 0. The van der Waals surface area contributed by atoms with Crippen molar-refractivity contribution in [2.24, 2.45) is 11.1 Å². The van der Waals surface area contributed by atoms with Crippen LogP contribution in [0.2, 0.25) is 0 Å². The van der Waals surface area contributed by atoms with Gasteiger partial charge in [-0.15, -0.1) is 0 Å². The molecule has 104 valence electrons. The standard InChI is InChI=1S/C16H24N2S/c1-11-6-4-8-13(15(17)19)14(11)18-12-7-5-9-16(2,3)10-12/h4,6,8,12,18H,5,7,9-10H2,1-3H3,(H2,17,19). The van der Waals surface area contributed by atoms with Crippen LogP contribution in [0.25, 0.3) is 0 Å². The fourth-order valence-electron chi connectivity index (χ4n) is 3.09. The summed E-state index contributed by atoms with van der Waals surface area (Å²) in [7, 11) is 0. The number of anilines is 1. The van der Waals surface area contributed by atoms with Crippen LogP contribution in [0, 0.1) is 12.3 Å². The van der Waals surface area contributed by atoms with Crippen molar-refractivity contribution < 1.29 is 0 Å². The molecular weight excluding hydrogens is 252 g/mol. The molecule has 0 saturated heterocycles. The first kappa shape index (κ1) is 14.3. The van der Waals surface area contributed by atoms with Crippen molar-refractivity contribution in [1.82, 2.24) is 0 Å². The van der Waals surface area contributed by atoms with Crippen molar-refractivity contribution in [3.63, 3.8) is 0 Å². The van der Waals surface area contributed by atoms with Crippen LogP contribution in [0.5, 0.6) is 0 Å². The Balaban J connectivity index is 2.21. The van der Waals surface area contributed by atoms with Gasteiger partial charge < -0.3 is 11.1 Å². The Bertz CT molecular complexity index is 480. The average molecular weight is 276 g/mol. The minimum Gasteiger partial charge on any atom is -0.389 e. The summed E-state index contributed by atoms with van der Waals surface area (Å²) in [4.78, 5) is 0.473. The molecule has 1 atom stereocenters. The van der Waals surface area contributed by atoms with Crippen molar-refractivity contribution in [3.05, 3.63) is 29.3 Å². The van der Waals surface area contributed by atoms with Crippen LogP contribution >= 0.6 is 12.2 Å². The third-order valence-electron chi connectivity index (χ3n) is 4.09. The van der Waals surface area contributed by atoms with E-state index in [4.69, 9.17) is 18.0 Å². The van der Waals surface area contributed by atoms with Gasteiger partial charge in [0.15, 0.2) is 0 Å². The topological polar surface area (TPSA) is 38.0 Å². The molecule has 0 aliphatic heterocycles. The number of hydrogen-bond donors (Lipinski definition) is 2. The smallest absolute Gasteiger partial charge is 0.106 e. The minimum absolute atomic E-state index is 0.433. The summed E-state index contributed by atoms with van der Waals surface area (Å²) in [5.41, 5.74) is 9.58. The van der Waals surface area contributed by atoms with E-state index in [1.807, 2.05) is 12.1 Å². The van der Waals surface area contributed by atoms with Gasteiger partial charge in [0.2, 0.25) is 0 Å². The molecule has 2 nitrogen and oxygen atoms in total. The second-order valence-corrected chi connectivity index (χ2v) is 6.90. The maximum absolute atomic E-state index is 5.83. The predicted molar refractivity (Wildman–Crippen MR) is 86.7 cm³/mol.